The second-order valence-electron chi connectivity index (χ2n) is 4.28. The van der Waals surface area contributed by atoms with Crippen LogP contribution < -0.4 is 16.2 Å². The summed E-state index contributed by atoms with van der Waals surface area (Å²) < 4.78 is 0. The van der Waals surface area contributed by atoms with E-state index in [2.05, 4.69) is 15.6 Å². The number of aromatic nitrogens is 1. The SMILES string of the molecule is O=C(CCNC(=O)c1cccc(=O)[nH]1)NC1CC1. The molecule has 0 atom stereocenters. The molecule has 1 fully saturated rings. The zero-order valence-corrected chi connectivity index (χ0v) is 9.86. The lowest BCUT2D eigenvalue weighted by Crippen LogP contribution is -2.32. The van der Waals surface area contributed by atoms with Gasteiger partial charge in [-0.25, -0.2) is 0 Å². The Morgan fingerprint density at radius 3 is 2.78 bits per heavy atom. The summed E-state index contributed by atoms with van der Waals surface area (Å²) in [6.45, 7) is 0.258. The Kier molecular flexibility index (Phi) is 3.76. The number of nitrogens with one attached hydrogen (secondary N) is 3. The largest absolute Gasteiger partial charge is 0.353 e. The van der Waals surface area contributed by atoms with Gasteiger partial charge in [0.2, 0.25) is 11.5 Å². The summed E-state index contributed by atoms with van der Waals surface area (Å²) in [6, 6.07) is 4.69. The van der Waals surface area contributed by atoms with E-state index in [1.807, 2.05) is 0 Å². The number of carbonyl (C=O) groups is 2. The highest BCUT2D eigenvalue weighted by molar-refractivity contribution is 5.92. The molecule has 18 heavy (non-hydrogen) atoms. The lowest BCUT2D eigenvalue weighted by molar-refractivity contribution is -0.121. The Labute approximate surface area is 104 Å². The van der Waals surface area contributed by atoms with Gasteiger partial charge in [0.05, 0.1) is 0 Å². The van der Waals surface area contributed by atoms with E-state index in [0.717, 1.165) is 12.8 Å². The first-order valence-electron chi connectivity index (χ1n) is 5.92. The molecule has 2 rings (SSSR count). The predicted octanol–water partition coefficient (Wildman–Crippen LogP) is -0.227. The molecule has 0 aliphatic heterocycles. The van der Waals surface area contributed by atoms with Gasteiger partial charge in [0.25, 0.3) is 5.91 Å². The third-order valence-corrected chi connectivity index (χ3v) is 2.59. The van der Waals surface area contributed by atoms with E-state index < -0.39 is 0 Å². The summed E-state index contributed by atoms with van der Waals surface area (Å²) in [6.07, 6.45) is 2.34. The van der Waals surface area contributed by atoms with Crippen molar-refractivity contribution in [3.8, 4) is 0 Å². The van der Waals surface area contributed by atoms with Crippen LogP contribution in [0.15, 0.2) is 23.0 Å². The summed E-state index contributed by atoms with van der Waals surface area (Å²) >= 11 is 0. The molecule has 1 aromatic rings. The van der Waals surface area contributed by atoms with Crippen LogP contribution in [0.1, 0.15) is 29.8 Å². The van der Waals surface area contributed by atoms with Crippen molar-refractivity contribution in [3.63, 3.8) is 0 Å². The molecule has 1 aliphatic carbocycles. The molecule has 0 radical (unpaired) electrons. The number of hydrogen-bond donors (Lipinski definition) is 3. The van der Waals surface area contributed by atoms with E-state index in [4.69, 9.17) is 0 Å². The summed E-state index contributed by atoms with van der Waals surface area (Å²) in [7, 11) is 0. The number of carbonyl (C=O) groups excluding carboxylic acids is 2. The highest BCUT2D eigenvalue weighted by Crippen LogP contribution is 2.18. The fourth-order valence-electron chi connectivity index (χ4n) is 1.49. The normalized spacial score (nSPS) is 14.0. The van der Waals surface area contributed by atoms with Crippen molar-refractivity contribution >= 4 is 11.8 Å². The van der Waals surface area contributed by atoms with Crippen molar-refractivity contribution in [2.45, 2.75) is 25.3 Å². The molecular weight excluding hydrogens is 234 g/mol. The molecule has 0 aromatic carbocycles. The van der Waals surface area contributed by atoms with Gasteiger partial charge in [-0.3, -0.25) is 14.4 Å². The first kappa shape index (κ1) is 12.3. The minimum absolute atomic E-state index is 0.0562. The van der Waals surface area contributed by atoms with Crippen molar-refractivity contribution in [2.75, 3.05) is 6.54 Å². The summed E-state index contributed by atoms with van der Waals surface area (Å²) in [4.78, 5) is 36.4. The number of rotatable bonds is 5. The van der Waals surface area contributed by atoms with Gasteiger partial charge in [0, 0.05) is 25.1 Å². The van der Waals surface area contributed by atoms with Gasteiger partial charge in [-0.2, -0.15) is 0 Å². The van der Waals surface area contributed by atoms with Crippen LogP contribution in [0.5, 0.6) is 0 Å². The molecule has 1 aliphatic rings. The molecule has 96 valence electrons. The topological polar surface area (TPSA) is 91.1 Å². The van der Waals surface area contributed by atoms with E-state index in [1.165, 1.54) is 18.2 Å². The summed E-state index contributed by atoms with van der Waals surface area (Å²) in [5, 5.41) is 5.41. The number of amides is 2. The summed E-state index contributed by atoms with van der Waals surface area (Å²) in [5.74, 6) is -0.439. The first-order valence-corrected chi connectivity index (χ1v) is 5.92. The minimum atomic E-state index is -0.382. The van der Waals surface area contributed by atoms with Gasteiger partial charge in [0.1, 0.15) is 5.69 Å². The van der Waals surface area contributed by atoms with Gasteiger partial charge >= 0.3 is 0 Å². The van der Waals surface area contributed by atoms with E-state index in [9.17, 15) is 14.4 Å². The van der Waals surface area contributed by atoms with Crippen LogP contribution in [0, 0.1) is 0 Å². The lowest BCUT2D eigenvalue weighted by Gasteiger charge is -2.05. The van der Waals surface area contributed by atoms with Crippen molar-refractivity contribution in [2.24, 2.45) is 0 Å². The zero-order valence-electron chi connectivity index (χ0n) is 9.86. The minimum Gasteiger partial charge on any atom is -0.353 e. The second kappa shape index (κ2) is 5.48. The van der Waals surface area contributed by atoms with E-state index in [0.29, 0.717) is 6.04 Å². The molecule has 0 unspecified atom stereocenters. The number of hydrogen-bond acceptors (Lipinski definition) is 3. The summed E-state index contributed by atoms with van der Waals surface area (Å²) in [5.41, 5.74) is -0.126. The van der Waals surface area contributed by atoms with Gasteiger partial charge < -0.3 is 15.6 Å². The average Bonchev–Trinajstić information content (AvgIpc) is 3.12. The van der Waals surface area contributed by atoms with Crippen LogP contribution in [-0.4, -0.2) is 29.4 Å². The molecule has 0 spiro atoms. The zero-order chi connectivity index (χ0) is 13.0. The maximum atomic E-state index is 11.6. The molecule has 3 N–H and O–H groups in total. The Morgan fingerprint density at radius 1 is 1.33 bits per heavy atom. The molecular formula is C12H15N3O3. The highest BCUT2D eigenvalue weighted by atomic mass is 16.2. The number of H-pyrrole nitrogens is 1. The monoisotopic (exact) mass is 249 g/mol. The van der Waals surface area contributed by atoms with Gasteiger partial charge in [0.15, 0.2) is 0 Å². The molecule has 1 aromatic heterocycles. The van der Waals surface area contributed by atoms with Crippen molar-refractivity contribution in [1.82, 2.24) is 15.6 Å². The fraction of sp³-hybridized carbons (Fsp3) is 0.417. The molecule has 0 saturated heterocycles. The number of aromatic amines is 1. The van der Waals surface area contributed by atoms with Crippen LogP contribution in [0.25, 0.3) is 0 Å². The highest BCUT2D eigenvalue weighted by Gasteiger charge is 2.22. The standard InChI is InChI=1S/C12H15N3O3/c16-10-3-1-2-9(15-10)12(18)13-7-6-11(17)14-8-4-5-8/h1-3,8H,4-7H2,(H,13,18)(H,14,17)(H,15,16). The third kappa shape index (κ3) is 3.73. The molecule has 2 amide bonds. The Hall–Kier alpha value is -2.11. The van der Waals surface area contributed by atoms with Crippen LogP contribution in [0.2, 0.25) is 0 Å². The van der Waals surface area contributed by atoms with Gasteiger partial charge in [-0.1, -0.05) is 6.07 Å². The van der Waals surface area contributed by atoms with Crippen LogP contribution in [0.4, 0.5) is 0 Å². The smallest absolute Gasteiger partial charge is 0.267 e. The van der Waals surface area contributed by atoms with Gasteiger partial charge in [-0.05, 0) is 18.9 Å². The maximum Gasteiger partial charge on any atom is 0.267 e. The molecule has 0 bridgehead atoms. The second-order valence-corrected chi connectivity index (χ2v) is 4.28. The molecule has 6 nitrogen and oxygen atoms in total. The quantitative estimate of drug-likeness (QED) is 0.673. The predicted molar refractivity (Wildman–Crippen MR) is 65.2 cm³/mol. The first-order chi connectivity index (χ1) is 8.65. The van der Waals surface area contributed by atoms with Crippen molar-refractivity contribution < 1.29 is 9.59 Å². The maximum absolute atomic E-state index is 11.6. The fourth-order valence-corrected chi connectivity index (χ4v) is 1.49. The van der Waals surface area contributed by atoms with Gasteiger partial charge in [-0.15, -0.1) is 0 Å². The number of pyridine rings is 1. The Bertz CT molecular complexity index is 505. The van der Waals surface area contributed by atoms with Crippen LogP contribution in [0.3, 0.4) is 0 Å². The van der Waals surface area contributed by atoms with E-state index in [-0.39, 0.29) is 36.0 Å². The lowest BCUT2D eigenvalue weighted by atomic mass is 10.3. The Morgan fingerprint density at radius 2 is 2.11 bits per heavy atom. The van der Waals surface area contributed by atoms with Crippen LogP contribution in [-0.2, 0) is 4.79 Å². The third-order valence-electron chi connectivity index (χ3n) is 2.59. The van der Waals surface area contributed by atoms with Crippen molar-refractivity contribution in [1.29, 1.82) is 0 Å². The van der Waals surface area contributed by atoms with E-state index in [1.54, 1.807) is 0 Å². The van der Waals surface area contributed by atoms with Crippen molar-refractivity contribution in [3.05, 3.63) is 34.2 Å². The average molecular weight is 249 g/mol. The Balaban J connectivity index is 1.74. The molecule has 1 saturated carbocycles. The molecule has 1 heterocycles. The molecule has 6 heteroatoms. The van der Waals surface area contributed by atoms with E-state index >= 15 is 0 Å². The van der Waals surface area contributed by atoms with Crippen LogP contribution >= 0.6 is 0 Å².